The van der Waals surface area contributed by atoms with Crippen LogP contribution in [0.25, 0.3) is 0 Å². The molecule has 23 heavy (non-hydrogen) atoms. The van der Waals surface area contributed by atoms with E-state index in [0.29, 0.717) is 38.5 Å². The second-order valence-electron chi connectivity index (χ2n) is 6.27. The van der Waals surface area contributed by atoms with Gasteiger partial charge in [0.2, 0.25) is 0 Å². The maximum Gasteiger partial charge on any atom is 0.254 e. The van der Waals surface area contributed by atoms with Gasteiger partial charge in [-0.15, -0.1) is 0 Å². The van der Waals surface area contributed by atoms with Gasteiger partial charge in [0.25, 0.3) is 5.91 Å². The summed E-state index contributed by atoms with van der Waals surface area (Å²) in [5, 5.41) is -0.0418. The van der Waals surface area contributed by atoms with Gasteiger partial charge < -0.3 is 14.4 Å². The third kappa shape index (κ3) is 4.90. The Balaban J connectivity index is 2.15. The molecule has 1 aliphatic heterocycles. The maximum absolute atomic E-state index is 13.3. The fourth-order valence-corrected chi connectivity index (χ4v) is 2.93. The largest absolute Gasteiger partial charge is 0.383 e. The lowest BCUT2D eigenvalue weighted by Crippen LogP contribution is -2.44. The van der Waals surface area contributed by atoms with Crippen LogP contribution in [0.4, 0.5) is 4.39 Å². The summed E-state index contributed by atoms with van der Waals surface area (Å²) in [5.74, 6) is -0.681. The SMILES string of the molecule is COCCN(CC1(C)CCOCC1)C(=O)c1ccc(F)c(Cl)c1. The Kier molecular flexibility index (Phi) is 6.39. The molecule has 1 amide bonds. The molecule has 128 valence electrons. The van der Waals surface area contributed by atoms with Gasteiger partial charge >= 0.3 is 0 Å². The minimum absolute atomic E-state index is 0.0193. The van der Waals surface area contributed by atoms with Crippen molar-refractivity contribution in [2.24, 2.45) is 5.41 Å². The smallest absolute Gasteiger partial charge is 0.254 e. The molecular weight excluding hydrogens is 321 g/mol. The normalized spacial score (nSPS) is 17.0. The summed E-state index contributed by atoms with van der Waals surface area (Å²) in [6.45, 7) is 5.15. The lowest BCUT2D eigenvalue weighted by atomic mass is 9.82. The molecule has 0 unspecified atom stereocenters. The van der Waals surface area contributed by atoms with Gasteiger partial charge in [-0.25, -0.2) is 4.39 Å². The van der Waals surface area contributed by atoms with Crippen LogP contribution in [0.15, 0.2) is 18.2 Å². The molecule has 0 spiro atoms. The topological polar surface area (TPSA) is 38.8 Å². The van der Waals surface area contributed by atoms with Crippen molar-refractivity contribution in [1.82, 2.24) is 4.90 Å². The van der Waals surface area contributed by atoms with Crippen molar-refractivity contribution in [3.63, 3.8) is 0 Å². The second kappa shape index (κ2) is 8.08. The molecule has 0 bridgehead atoms. The van der Waals surface area contributed by atoms with E-state index in [9.17, 15) is 9.18 Å². The average molecular weight is 344 g/mol. The number of ether oxygens (including phenoxy) is 2. The van der Waals surface area contributed by atoms with E-state index in [2.05, 4.69) is 6.92 Å². The number of amides is 1. The molecule has 1 saturated heterocycles. The molecule has 1 heterocycles. The Bertz CT molecular complexity index is 547. The molecule has 4 nitrogen and oxygen atoms in total. The molecule has 0 aromatic heterocycles. The molecule has 1 fully saturated rings. The van der Waals surface area contributed by atoms with Crippen LogP contribution in [0.2, 0.25) is 5.02 Å². The highest BCUT2D eigenvalue weighted by molar-refractivity contribution is 6.31. The number of nitrogens with zero attached hydrogens (tertiary/aromatic N) is 1. The van der Waals surface area contributed by atoms with Gasteiger partial charge in [-0.2, -0.15) is 0 Å². The summed E-state index contributed by atoms with van der Waals surface area (Å²) in [5.41, 5.74) is 0.411. The van der Waals surface area contributed by atoms with Gasteiger partial charge in [-0.1, -0.05) is 18.5 Å². The molecule has 2 rings (SSSR count). The van der Waals surface area contributed by atoms with Crippen molar-refractivity contribution < 1.29 is 18.7 Å². The Hall–Kier alpha value is -1.17. The zero-order valence-corrected chi connectivity index (χ0v) is 14.4. The first kappa shape index (κ1) is 18.2. The molecular formula is C17H23ClFNO3. The van der Waals surface area contributed by atoms with Crippen LogP contribution >= 0.6 is 11.6 Å². The summed E-state index contributed by atoms with van der Waals surface area (Å²) < 4.78 is 23.8. The predicted octanol–water partition coefficient (Wildman–Crippen LogP) is 3.38. The van der Waals surface area contributed by atoms with Gasteiger partial charge in [-0.05, 0) is 36.5 Å². The summed E-state index contributed by atoms with van der Waals surface area (Å²) in [6, 6.07) is 4.07. The first-order chi connectivity index (χ1) is 10.9. The van der Waals surface area contributed by atoms with Crippen LogP contribution in [0.3, 0.4) is 0 Å². The molecule has 0 saturated carbocycles. The number of carbonyl (C=O) groups excluding carboxylic acids is 1. The Morgan fingerprint density at radius 2 is 2.13 bits per heavy atom. The summed E-state index contributed by atoms with van der Waals surface area (Å²) >= 11 is 5.80. The number of benzene rings is 1. The van der Waals surface area contributed by atoms with Crippen LogP contribution in [-0.4, -0.2) is 50.8 Å². The van der Waals surface area contributed by atoms with Crippen molar-refractivity contribution in [1.29, 1.82) is 0 Å². The number of hydrogen-bond acceptors (Lipinski definition) is 3. The number of halogens is 2. The quantitative estimate of drug-likeness (QED) is 0.794. The van der Waals surface area contributed by atoms with Crippen molar-refractivity contribution in [3.8, 4) is 0 Å². The highest BCUT2D eigenvalue weighted by Gasteiger charge is 2.31. The zero-order valence-electron chi connectivity index (χ0n) is 13.6. The van der Waals surface area contributed by atoms with Gasteiger partial charge in [0, 0.05) is 39.0 Å². The molecule has 0 aliphatic carbocycles. The second-order valence-corrected chi connectivity index (χ2v) is 6.68. The first-order valence-corrected chi connectivity index (χ1v) is 8.14. The van der Waals surface area contributed by atoms with E-state index in [0.717, 1.165) is 12.8 Å². The van der Waals surface area contributed by atoms with E-state index >= 15 is 0 Å². The number of methoxy groups -OCH3 is 1. The highest BCUT2D eigenvalue weighted by Crippen LogP contribution is 2.31. The van der Waals surface area contributed by atoms with Crippen molar-refractivity contribution in [2.75, 3.05) is 40.0 Å². The minimum atomic E-state index is -0.525. The molecule has 0 atom stereocenters. The van der Waals surface area contributed by atoms with Gasteiger partial charge in [-0.3, -0.25) is 4.79 Å². The van der Waals surface area contributed by atoms with Crippen LogP contribution in [0.1, 0.15) is 30.1 Å². The number of carbonyl (C=O) groups is 1. The highest BCUT2D eigenvalue weighted by atomic mass is 35.5. The van der Waals surface area contributed by atoms with E-state index in [4.69, 9.17) is 21.1 Å². The monoisotopic (exact) mass is 343 g/mol. The summed E-state index contributed by atoms with van der Waals surface area (Å²) in [4.78, 5) is 14.6. The third-order valence-electron chi connectivity index (χ3n) is 4.29. The predicted molar refractivity (Wildman–Crippen MR) is 87.3 cm³/mol. The molecule has 6 heteroatoms. The van der Waals surface area contributed by atoms with E-state index in [1.807, 2.05) is 0 Å². The molecule has 1 aromatic rings. The fraction of sp³-hybridized carbons (Fsp3) is 0.588. The lowest BCUT2D eigenvalue weighted by Gasteiger charge is -2.38. The van der Waals surface area contributed by atoms with E-state index < -0.39 is 5.82 Å². The number of hydrogen-bond donors (Lipinski definition) is 0. The van der Waals surface area contributed by atoms with Gasteiger partial charge in [0.15, 0.2) is 0 Å². The average Bonchev–Trinajstić information content (AvgIpc) is 2.54. The van der Waals surface area contributed by atoms with Crippen LogP contribution in [0, 0.1) is 11.2 Å². The fourth-order valence-electron chi connectivity index (χ4n) is 2.75. The van der Waals surface area contributed by atoms with Crippen molar-refractivity contribution >= 4 is 17.5 Å². The molecule has 0 radical (unpaired) electrons. The van der Waals surface area contributed by atoms with Crippen molar-refractivity contribution in [3.05, 3.63) is 34.6 Å². The number of rotatable bonds is 6. The summed E-state index contributed by atoms with van der Waals surface area (Å²) in [7, 11) is 1.60. The lowest BCUT2D eigenvalue weighted by molar-refractivity contribution is 0.00274. The summed E-state index contributed by atoms with van der Waals surface area (Å²) in [6.07, 6.45) is 1.82. The first-order valence-electron chi connectivity index (χ1n) is 7.76. The van der Waals surface area contributed by atoms with Gasteiger partial charge in [0.1, 0.15) is 5.82 Å². The maximum atomic E-state index is 13.3. The van der Waals surface area contributed by atoms with E-state index in [1.165, 1.54) is 18.2 Å². The Labute approximate surface area is 141 Å². The molecule has 1 aromatic carbocycles. The Morgan fingerprint density at radius 1 is 1.43 bits per heavy atom. The third-order valence-corrected chi connectivity index (χ3v) is 4.58. The van der Waals surface area contributed by atoms with Crippen LogP contribution < -0.4 is 0 Å². The van der Waals surface area contributed by atoms with Crippen molar-refractivity contribution in [2.45, 2.75) is 19.8 Å². The van der Waals surface area contributed by atoms with E-state index in [-0.39, 0.29) is 16.3 Å². The standard InChI is InChI=1S/C17H23ClFNO3/c1-17(5-8-23-9-6-17)12-20(7-10-22-2)16(21)13-3-4-15(19)14(18)11-13/h3-4,11H,5-10,12H2,1-2H3. The molecule has 1 aliphatic rings. The van der Waals surface area contributed by atoms with Gasteiger partial charge in [0.05, 0.1) is 11.6 Å². The minimum Gasteiger partial charge on any atom is -0.383 e. The molecule has 0 N–H and O–H groups in total. The van der Waals surface area contributed by atoms with E-state index in [1.54, 1.807) is 12.0 Å². The van der Waals surface area contributed by atoms with Crippen LogP contribution in [-0.2, 0) is 9.47 Å². The van der Waals surface area contributed by atoms with Crippen LogP contribution in [0.5, 0.6) is 0 Å². The Morgan fingerprint density at radius 3 is 2.74 bits per heavy atom. The zero-order chi connectivity index (χ0) is 16.9.